The van der Waals surface area contributed by atoms with Gasteiger partial charge in [-0.1, -0.05) is 5.21 Å². The molecular formula is C7H5FN4. The second-order valence-corrected chi connectivity index (χ2v) is 2.18. The zero-order valence-corrected chi connectivity index (χ0v) is 6.05. The highest BCUT2D eigenvalue weighted by molar-refractivity contribution is 5.19. The lowest BCUT2D eigenvalue weighted by atomic mass is 10.4. The fourth-order valence-corrected chi connectivity index (χ4v) is 0.849. The zero-order chi connectivity index (χ0) is 8.39. The second kappa shape index (κ2) is 2.69. The Labute approximate surface area is 67.7 Å². The van der Waals surface area contributed by atoms with Crippen molar-refractivity contribution in [3.63, 3.8) is 0 Å². The molecule has 2 aromatic rings. The number of rotatable bonds is 1. The highest BCUT2D eigenvalue weighted by Crippen LogP contribution is 2.02. The Bertz CT molecular complexity index is 371. The molecule has 5 heteroatoms. The maximum atomic E-state index is 12.7. The molecule has 0 aliphatic heterocycles. The number of hydrogen-bond donors (Lipinski definition) is 0. The van der Waals surface area contributed by atoms with E-state index in [1.54, 1.807) is 6.20 Å². The minimum Gasteiger partial charge on any atom is -0.237 e. The first-order valence-electron chi connectivity index (χ1n) is 3.34. The summed E-state index contributed by atoms with van der Waals surface area (Å²) in [6.07, 6.45) is 4.49. The molecule has 0 aromatic carbocycles. The molecule has 0 aliphatic carbocycles. The van der Waals surface area contributed by atoms with E-state index in [1.807, 2.05) is 0 Å². The molecule has 0 radical (unpaired) electrons. The molecule has 12 heavy (non-hydrogen) atoms. The Kier molecular flexibility index (Phi) is 1.55. The summed E-state index contributed by atoms with van der Waals surface area (Å²) in [7, 11) is 0. The van der Waals surface area contributed by atoms with Gasteiger partial charge in [-0.3, -0.25) is 0 Å². The summed E-state index contributed by atoms with van der Waals surface area (Å²) in [5.41, 5.74) is 0. The van der Waals surface area contributed by atoms with E-state index in [9.17, 15) is 4.39 Å². The van der Waals surface area contributed by atoms with Gasteiger partial charge in [-0.25, -0.2) is 14.1 Å². The maximum Gasteiger partial charge on any atom is 0.157 e. The van der Waals surface area contributed by atoms with E-state index in [0.717, 1.165) is 0 Å². The van der Waals surface area contributed by atoms with Gasteiger partial charge in [0, 0.05) is 12.3 Å². The molecule has 0 bridgehead atoms. The predicted molar refractivity (Wildman–Crippen MR) is 39.1 cm³/mol. The summed E-state index contributed by atoms with van der Waals surface area (Å²) in [5.74, 6) is 0.0861. The normalized spacial score (nSPS) is 10.1. The standard InChI is InChI=1S/C7H5FN4/c8-6-1-2-9-7(5-6)12-4-3-10-11-12/h1-5H. The highest BCUT2D eigenvalue weighted by Gasteiger charge is 1.98. The number of halogens is 1. The Balaban J connectivity index is 2.48. The molecule has 4 nitrogen and oxygen atoms in total. The summed E-state index contributed by atoms with van der Waals surface area (Å²) in [6, 6.07) is 2.56. The molecule has 0 aliphatic rings. The van der Waals surface area contributed by atoms with E-state index in [2.05, 4.69) is 15.3 Å². The van der Waals surface area contributed by atoms with Crippen molar-refractivity contribution in [3.05, 3.63) is 36.5 Å². The predicted octanol–water partition coefficient (Wildman–Crippen LogP) is 0.801. The van der Waals surface area contributed by atoms with Crippen molar-refractivity contribution >= 4 is 0 Å². The van der Waals surface area contributed by atoms with Crippen LogP contribution in [0.2, 0.25) is 0 Å². The smallest absolute Gasteiger partial charge is 0.157 e. The Morgan fingerprint density at radius 2 is 2.25 bits per heavy atom. The maximum absolute atomic E-state index is 12.7. The zero-order valence-electron chi connectivity index (χ0n) is 6.05. The lowest BCUT2D eigenvalue weighted by Gasteiger charge is -1.96. The molecule has 0 atom stereocenters. The Morgan fingerprint density at radius 1 is 1.33 bits per heavy atom. The van der Waals surface area contributed by atoms with Crippen LogP contribution in [-0.4, -0.2) is 20.0 Å². The van der Waals surface area contributed by atoms with Crippen molar-refractivity contribution in [1.29, 1.82) is 0 Å². The van der Waals surface area contributed by atoms with Gasteiger partial charge in [-0.15, -0.1) is 5.10 Å². The average Bonchev–Trinajstić information content (AvgIpc) is 2.56. The van der Waals surface area contributed by atoms with Crippen LogP contribution in [0.15, 0.2) is 30.7 Å². The molecular weight excluding hydrogens is 159 g/mol. The second-order valence-electron chi connectivity index (χ2n) is 2.18. The minimum absolute atomic E-state index is 0.337. The molecule has 0 saturated heterocycles. The van der Waals surface area contributed by atoms with Crippen LogP contribution >= 0.6 is 0 Å². The lowest BCUT2D eigenvalue weighted by molar-refractivity contribution is 0.621. The van der Waals surface area contributed by atoms with Gasteiger partial charge in [-0.05, 0) is 6.07 Å². The summed E-state index contributed by atoms with van der Waals surface area (Å²) in [5, 5.41) is 7.24. The molecule has 0 saturated carbocycles. The van der Waals surface area contributed by atoms with E-state index in [-0.39, 0.29) is 5.82 Å². The van der Waals surface area contributed by atoms with Gasteiger partial charge in [-0.2, -0.15) is 0 Å². The fraction of sp³-hybridized carbons (Fsp3) is 0. The molecule has 0 unspecified atom stereocenters. The van der Waals surface area contributed by atoms with Gasteiger partial charge in [0.05, 0.1) is 12.4 Å². The third kappa shape index (κ3) is 1.16. The monoisotopic (exact) mass is 164 g/mol. The van der Waals surface area contributed by atoms with Crippen molar-refractivity contribution in [1.82, 2.24) is 20.0 Å². The fourth-order valence-electron chi connectivity index (χ4n) is 0.849. The highest BCUT2D eigenvalue weighted by atomic mass is 19.1. The number of hydrogen-bond acceptors (Lipinski definition) is 3. The quantitative estimate of drug-likeness (QED) is 0.626. The van der Waals surface area contributed by atoms with E-state index in [4.69, 9.17) is 0 Å². The molecule has 2 heterocycles. The van der Waals surface area contributed by atoms with E-state index in [0.29, 0.717) is 5.82 Å². The van der Waals surface area contributed by atoms with Gasteiger partial charge in [0.2, 0.25) is 0 Å². The Hall–Kier alpha value is -1.78. The van der Waals surface area contributed by atoms with Crippen molar-refractivity contribution < 1.29 is 4.39 Å². The van der Waals surface area contributed by atoms with Gasteiger partial charge in [0.1, 0.15) is 5.82 Å². The number of pyridine rings is 1. The van der Waals surface area contributed by atoms with E-state index >= 15 is 0 Å². The summed E-state index contributed by atoms with van der Waals surface area (Å²) >= 11 is 0. The van der Waals surface area contributed by atoms with Crippen LogP contribution in [0, 0.1) is 5.82 Å². The van der Waals surface area contributed by atoms with Crippen LogP contribution in [-0.2, 0) is 0 Å². The SMILES string of the molecule is Fc1ccnc(-n2ccnn2)c1. The lowest BCUT2D eigenvalue weighted by Crippen LogP contribution is -1.98. The first-order chi connectivity index (χ1) is 5.86. The van der Waals surface area contributed by atoms with Crippen molar-refractivity contribution in [2.75, 3.05) is 0 Å². The van der Waals surface area contributed by atoms with E-state index < -0.39 is 0 Å². The van der Waals surface area contributed by atoms with Crippen LogP contribution in [0.1, 0.15) is 0 Å². The minimum atomic E-state index is -0.337. The average molecular weight is 164 g/mol. The van der Waals surface area contributed by atoms with Crippen molar-refractivity contribution in [2.24, 2.45) is 0 Å². The van der Waals surface area contributed by atoms with Gasteiger partial charge in [0.25, 0.3) is 0 Å². The molecule has 0 fully saturated rings. The third-order valence-corrected chi connectivity index (χ3v) is 1.36. The van der Waals surface area contributed by atoms with Gasteiger partial charge >= 0.3 is 0 Å². The van der Waals surface area contributed by atoms with Crippen LogP contribution < -0.4 is 0 Å². The van der Waals surface area contributed by atoms with Crippen molar-refractivity contribution in [2.45, 2.75) is 0 Å². The molecule has 60 valence electrons. The number of nitrogens with zero attached hydrogens (tertiary/aromatic N) is 4. The van der Waals surface area contributed by atoms with Crippen LogP contribution in [0.4, 0.5) is 4.39 Å². The van der Waals surface area contributed by atoms with Gasteiger partial charge < -0.3 is 0 Å². The summed E-state index contributed by atoms with van der Waals surface area (Å²) in [6.45, 7) is 0. The van der Waals surface area contributed by atoms with Crippen LogP contribution in [0.3, 0.4) is 0 Å². The summed E-state index contributed by atoms with van der Waals surface area (Å²) < 4.78 is 14.0. The first kappa shape index (κ1) is 6.90. The number of aromatic nitrogens is 4. The van der Waals surface area contributed by atoms with Gasteiger partial charge in [0.15, 0.2) is 5.82 Å². The third-order valence-electron chi connectivity index (χ3n) is 1.36. The molecule has 0 spiro atoms. The molecule has 2 aromatic heterocycles. The molecule has 2 rings (SSSR count). The summed E-state index contributed by atoms with van der Waals surface area (Å²) in [4.78, 5) is 3.90. The van der Waals surface area contributed by atoms with Crippen LogP contribution in [0.25, 0.3) is 5.82 Å². The molecule has 0 N–H and O–H groups in total. The Morgan fingerprint density at radius 3 is 2.92 bits per heavy atom. The topological polar surface area (TPSA) is 43.6 Å². The van der Waals surface area contributed by atoms with Crippen molar-refractivity contribution in [3.8, 4) is 5.82 Å². The first-order valence-corrected chi connectivity index (χ1v) is 3.34. The largest absolute Gasteiger partial charge is 0.237 e. The van der Waals surface area contributed by atoms with E-state index in [1.165, 1.54) is 29.2 Å². The molecule has 0 amide bonds. The van der Waals surface area contributed by atoms with Crippen LogP contribution in [0.5, 0.6) is 0 Å².